The number of carbonyl (C=O) groups excluding carboxylic acids is 1. The van der Waals surface area contributed by atoms with Crippen molar-refractivity contribution in [3.05, 3.63) is 34.9 Å². The molecular weight excluding hydrogens is 212 g/mol. The summed E-state index contributed by atoms with van der Waals surface area (Å²) in [6, 6.07) is 6.20. The van der Waals surface area contributed by atoms with Gasteiger partial charge >= 0.3 is 0 Å². The number of carbonyl (C=O) groups is 1. The lowest BCUT2D eigenvalue weighted by Crippen LogP contribution is -2.35. The lowest BCUT2D eigenvalue weighted by atomic mass is 9.93. The maximum absolute atomic E-state index is 11.9. The minimum absolute atomic E-state index is 0.105. The van der Waals surface area contributed by atoms with Crippen LogP contribution in [-0.4, -0.2) is 31.4 Å². The Labute approximate surface area is 104 Å². The van der Waals surface area contributed by atoms with E-state index in [1.807, 2.05) is 6.07 Å². The summed E-state index contributed by atoms with van der Waals surface area (Å²) in [7, 11) is 3.54. The molecule has 1 unspecified atom stereocenters. The second-order valence-electron chi connectivity index (χ2n) is 4.73. The molecule has 0 radical (unpaired) electrons. The molecule has 0 aliphatic rings. The second-order valence-corrected chi connectivity index (χ2v) is 4.73. The largest absolute Gasteiger partial charge is 0.349 e. The quantitative estimate of drug-likeness (QED) is 0.858. The predicted molar refractivity (Wildman–Crippen MR) is 70.9 cm³/mol. The zero-order valence-corrected chi connectivity index (χ0v) is 11.2. The van der Waals surface area contributed by atoms with E-state index in [1.54, 1.807) is 19.0 Å². The molecule has 1 aromatic carbocycles. The number of aryl methyl sites for hydroxylation is 1. The average molecular weight is 234 g/mol. The number of nitrogens with two attached hydrogens (primary N) is 1. The van der Waals surface area contributed by atoms with Crippen molar-refractivity contribution in [2.24, 2.45) is 11.7 Å². The first-order valence-corrected chi connectivity index (χ1v) is 5.93. The molecule has 3 nitrogen and oxygen atoms in total. The maximum Gasteiger partial charge on any atom is 0.226 e. The van der Waals surface area contributed by atoms with Crippen LogP contribution < -0.4 is 5.73 Å². The summed E-state index contributed by atoms with van der Waals surface area (Å²) in [5.41, 5.74) is 9.44. The van der Waals surface area contributed by atoms with E-state index >= 15 is 0 Å². The van der Waals surface area contributed by atoms with Gasteiger partial charge in [0.05, 0.1) is 5.92 Å². The molecule has 1 aromatic rings. The molecular formula is C14H22N2O. The molecule has 0 fully saturated rings. The van der Waals surface area contributed by atoms with Crippen LogP contribution in [0.1, 0.15) is 16.7 Å². The van der Waals surface area contributed by atoms with E-state index < -0.39 is 0 Å². The van der Waals surface area contributed by atoms with E-state index in [-0.39, 0.29) is 11.8 Å². The SMILES string of the molecule is Cc1cccc(CC(CN)C(=O)N(C)C)c1C. The number of benzene rings is 1. The smallest absolute Gasteiger partial charge is 0.226 e. The predicted octanol–water partition coefficient (Wildman–Crippen LogP) is 1.51. The van der Waals surface area contributed by atoms with E-state index in [4.69, 9.17) is 5.73 Å². The standard InChI is InChI=1S/C14H22N2O/c1-10-6-5-7-12(11(10)2)8-13(9-15)14(17)16(3)4/h5-7,13H,8-9,15H2,1-4H3. The van der Waals surface area contributed by atoms with Crippen LogP contribution in [0, 0.1) is 19.8 Å². The Morgan fingerprint density at radius 3 is 2.53 bits per heavy atom. The summed E-state index contributed by atoms with van der Waals surface area (Å²) in [5.74, 6) is -0.0149. The van der Waals surface area contributed by atoms with Crippen molar-refractivity contribution < 1.29 is 4.79 Å². The summed E-state index contributed by atoms with van der Waals surface area (Å²) in [6.07, 6.45) is 0.723. The molecule has 1 rings (SSSR count). The normalized spacial score (nSPS) is 12.3. The van der Waals surface area contributed by atoms with Crippen molar-refractivity contribution in [3.8, 4) is 0 Å². The lowest BCUT2D eigenvalue weighted by molar-refractivity contribution is -0.132. The summed E-state index contributed by atoms with van der Waals surface area (Å²) in [4.78, 5) is 13.5. The number of hydrogen-bond acceptors (Lipinski definition) is 2. The van der Waals surface area contributed by atoms with Gasteiger partial charge in [-0.1, -0.05) is 18.2 Å². The van der Waals surface area contributed by atoms with Crippen LogP contribution in [0.25, 0.3) is 0 Å². The van der Waals surface area contributed by atoms with Crippen LogP contribution in [0.4, 0.5) is 0 Å². The van der Waals surface area contributed by atoms with Crippen molar-refractivity contribution in [3.63, 3.8) is 0 Å². The van der Waals surface area contributed by atoms with E-state index in [2.05, 4.69) is 26.0 Å². The van der Waals surface area contributed by atoms with E-state index in [0.717, 1.165) is 6.42 Å². The molecule has 3 heteroatoms. The third-order valence-electron chi connectivity index (χ3n) is 3.26. The van der Waals surface area contributed by atoms with Crippen LogP contribution in [0.5, 0.6) is 0 Å². The maximum atomic E-state index is 11.9. The molecule has 0 heterocycles. The summed E-state index contributed by atoms with van der Waals surface area (Å²) in [6.45, 7) is 4.58. The van der Waals surface area contributed by atoms with E-state index in [1.165, 1.54) is 16.7 Å². The summed E-state index contributed by atoms with van der Waals surface area (Å²) < 4.78 is 0. The number of rotatable bonds is 4. The molecule has 0 aliphatic heterocycles. The van der Waals surface area contributed by atoms with Crippen molar-refractivity contribution in [2.45, 2.75) is 20.3 Å². The van der Waals surface area contributed by atoms with Crippen LogP contribution in [0.2, 0.25) is 0 Å². The van der Waals surface area contributed by atoms with E-state index in [9.17, 15) is 4.79 Å². The molecule has 17 heavy (non-hydrogen) atoms. The van der Waals surface area contributed by atoms with Crippen molar-refractivity contribution in [1.82, 2.24) is 4.90 Å². The van der Waals surface area contributed by atoms with E-state index in [0.29, 0.717) is 6.54 Å². The van der Waals surface area contributed by atoms with Gasteiger partial charge in [0, 0.05) is 20.6 Å². The minimum Gasteiger partial charge on any atom is -0.349 e. The van der Waals surface area contributed by atoms with Gasteiger partial charge in [-0.2, -0.15) is 0 Å². The summed E-state index contributed by atoms with van der Waals surface area (Å²) in [5, 5.41) is 0. The van der Waals surface area contributed by atoms with Crippen LogP contribution in [0.15, 0.2) is 18.2 Å². The van der Waals surface area contributed by atoms with Gasteiger partial charge in [0.15, 0.2) is 0 Å². The Hall–Kier alpha value is -1.35. The Bertz CT molecular complexity index is 399. The van der Waals surface area contributed by atoms with Crippen molar-refractivity contribution in [1.29, 1.82) is 0 Å². The highest BCUT2D eigenvalue weighted by atomic mass is 16.2. The molecule has 0 saturated heterocycles. The monoisotopic (exact) mass is 234 g/mol. The van der Waals surface area contributed by atoms with Crippen molar-refractivity contribution in [2.75, 3.05) is 20.6 Å². The zero-order valence-electron chi connectivity index (χ0n) is 11.2. The molecule has 0 bridgehead atoms. The zero-order chi connectivity index (χ0) is 13.0. The topological polar surface area (TPSA) is 46.3 Å². The fourth-order valence-electron chi connectivity index (χ4n) is 1.94. The second kappa shape index (κ2) is 5.82. The number of hydrogen-bond donors (Lipinski definition) is 1. The van der Waals surface area contributed by atoms with Crippen LogP contribution in [0.3, 0.4) is 0 Å². The molecule has 1 amide bonds. The fraction of sp³-hybridized carbons (Fsp3) is 0.500. The molecule has 94 valence electrons. The van der Waals surface area contributed by atoms with Crippen LogP contribution >= 0.6 is 0 Å². The van der Waals surface area contributed by atoms with Gasteiger partial charge in [-0.3, -0.25) is 4.79 Å². The first-order valence-electron chi connectivity index (χ1n) is 5.93. The molecule has 0 aromatic heterocycles. The Balaban J connectivity index is 2.88. The van der Waals surface area contributed by atoms with Crippen LogP contribution in [-0.2, 0) is 11.2 Å². The first-order chi connectivity index (χ1) is 7.97. The third-order valence-corrected chi connectivity index (χ3v) is 3.26. The highest BCUT2D eigenvalue weighted by Gasteiger charge is 2.19. The Morgan fingerprint density at radius 1 is 1.35 bits per heavy atom. The molecule has 0 spiro atoms. The number of amides is 1. The van der Waals surface area contributed by atoms with Gasteiger partial charge in [-0.25, -0.2) is 0 Å². The highest BCUT2D eigenvalue weighted by Crippen LogP contribution is 2.17. The van der Waals surface area contributed by atoms with Gasteiger partial charge < -0.3 is 10.6 Å². The lowest BCUT2D eigenvalue weighted by Gasteiger charge is -2.20. The van der Waals surface area contributed by atoms with Gasteiger partial charge in [0.2, 0.25) is 5.91 Å². The highest BCUT2D eigenvalue weighted by molar-refractivity contribution is 5.78. The average Bonchev–Trinajstić information content (AvgIpc) is 2.30. The molecule has 0 aliphatic carbocycles. The van der Waals surface area contributed by atoms with Gasteiger partial charge in [0.25, 0.3) is 0 Å². The summed E-state index contributed by atoms with van der Waals surface area (Å²) >= 11 is 0. The third kappa shape index (κ3) is 3.30. The van der Waals surface area contributed by atoms with Gasteiger partial charge in [-0.05, 0) is 37.0 Å². The Kier molecular flexibility index (Phi) is 4.70. The number of nitrogens with zero attached hydrogens (tertiary/aromatic N) is 1. The Morgan fingerprint density at radius 2 is 2.00 bits per heavy atom. The molecule has 1 atom stereocenters. The first kappa shape index (κ1) is 13.7. The molecule has 2 N–H and O–H groups in total. The molecule has 0 saturated carbocycles. The van der Waals surface area contributed by atoms with Gasteiger partial charge in [-0.15, -0.1) is 0 Å². The van der Waals surface area contributed by atoms with Crippen molar-refractivity contribution >= 4 is 5.91 Å². The fourth-order valence-corrected chi connectivity index (χ4v) is 1.94. The minimum atomic E-state index is -0.120. The van der Waals surface area contributed by atoms with Gasteiger partial charge in [0.1, 0.15) is 0 Å².